The molecule has 0 heterocycles. The van der Waals surface area contributed by atoms with Crippen LogP contribution in [-0.4, -0.2) is 42.2 Å². The summed E-state index contributed by atoms with van der Waals surface area (Å²) in [4.78, 5) is 28.6. The number of carbonyl (C=O) groups is 1. The van der Waals surface area contributed by atoms with Crippen LogP contribution in [0.3, 0.4) is 0 Å². The van der Waals surface area contributed by atoms with E-state index in [2.05, 4.69) is 11.4 Å². The monoisotopic (exact) mass is 452 g/mol. The number of unbranched alkanes of at least 4 members (excludes halogenated alkanes) is 14. The van der Waals surface area contributed by atoms with Gasteiger partial charge in [0.1, 0.15) is 6.61 Å². The van der Waals surface area contributed by atoms with Gasteiger partial charge in [-0.05, 0) is 6.42 Å². The fourth-order valence-corrected chi connectivity index (χ4v) is 3.56. The zero-order valence-corrected chi connectivity index (χ0v) is 19.9. The molecule has 0 aromatic heterocycles. The first-order valence-electron chi connectivity index (χ1n) is 11.9. The predicted octanol–water partition coefficient (Wildman–Crippen LogP) is 5.92. The lowest BCUT2D eigenvalue weighted by Crippen LogP contribution is -2.12. The maximum atomic E-state index is 11.6. The number of phosphoric acid groups is 1. The molecule has 0 aliphatic carbocycles. The lowest BCUT2D eigenvalue weighted by atomic mass is 10.0. The van der Waals surface area contributed by atoms with Crippen LogP contribution in [0.4, 0.5) is 0 Å². The highest BCUT2D eigenvalue weighted by atomic mass is 31.2. The number of esters is 1. The van der Waals surface area contributed by atoms with Crippen molar-refractivity contribution >= 4 is 13.8 Å². The Kier molecular flexibility index (Phi) is 21.4. The van der Waals surface area contributed by atoms with Crippen molar-refractivity contribution in [2.45, 2.75) is 110 Å². The summed E-state index contributed by atoms with van der Waals surface area (Å²) in [6, 6.07) is 0. The normalized spacial score (nSPS) is 11.7. The third-order valence-corrected chi connectivity index (χ3v) is 5.48. The van der Waals surface area contributed by atoms with E-state index in [0.29, 0.717) is 6.42 Å². The highest BCUT2D eigenvalue weighted by Crippen LogP contribution is 2.35. The second-order valence-electron chi connectivity index (χ2n) is 7.86. The zero-order valence-electron chi connectivity index (χ0n) is 19.0. The number of hydrogen-bond donors (Lipinski definition) is 2. The van der Waals surface area contributed by atoms with Crippen molar-refractivity contribution in [1.82, 2.24) is 0 Å². The Balaban J connectivity index is 3.18. The van der Waals surface area contributed by atoms with Crippen molar-refractivity contribution in [3.05, 3.63) is 0 Å². The molecule has 0 spiro atoms. The van der Waals surface area contributed by atoms with Gasteiger partial charge in [-0.1, -0.05) is 96.8 Å². The second kappa shape index (κ2) is 21.8. The summed E-state index contributed by atoms with van der Waals surface area (Å²) in [6.45, 7) is 2.44. The summed E-state index contributed by atoms with van der Waals surface area (Å²) >= 11 is 0. The minimum Gasteiger partial charge on any atom is -0.463 e. The average Bonchev–Trinajstić information content (AvgIpc) is 2.69. The van der Waals surface area contributed by atoms with Gasteiger partial charge < -0.3 is 19.3 Å². The Bertz CT molecular complexity index is 426. The largest absolute Gasteiger partial charge is 0.469 e. The average molecular weight is 453 g/mol. The summed E-state index contributed by atoms with van der Waals surface area (Å²) in [7, 11) is -4.44. The molecule has 0 aromatic rings. The molecule has 0 saturated heterocycles. The van der Waals surface area contributed by atoms with E-state index in [-0.39, 0.29) is 32.4 Å². The highest BCUT2D eigenvalue weighted by Gasteiger charge is 2.12. The van der Waals surface area contributed by atoms with Gasteiger partial charge in [0.25, 0.3) is 0 Å². The van der Waals surface area contributed by atoms with Crippen LogP contribution in [0.5, 0.6) is 0 Å². The topological polar surface area (TPSA) is 102 Å². The van der Waals surface area contributed by atoms with Crippen molar-refractivity contribution in [3.8, 4) is 0 Å². The fraction of sp³-hybridized carbons (Fsp3) is 0.955. The molecule has 0 fully saturated rings. The predicted molar refractivity (Wildman–Crippen MR) is 119 cm³/mol. The van der Waals surface area contributed by atoms with Crippen LogP contribution in [0, 0.1) is 0 Å². The van der Waals surface area contributed by atoms with E-state index in [0.717, 1.165) is 12.8 Å². The lowest BCUT2D eigenvalue weighted by molar-refractivity contribution is -0.145. The van der Waals surface area contributed by atoms with Gasteiger partial charge in [0.15, 0.2) is 0 Å². The molecule has 0 amide bonds. The van der Waals surface area contributed by atoms with Crippen molar-refractivity contribution in [2.24, 2.45) is 0 Å². The van der Waals surface area contributed by atoms with Gasteiger partial charge >= 0.3 is 13.8 Å². The summed E-state index contributed by atoms with van der Waals surface area (Å²) in [6.07, 6.45) is 19.8. The minimum absolute atomic E-state index is 0.0434. The van der Waals surface area contributed by atoms with E-state index in [9.17, 15) is 9.36 Å². The van der Waals surface area contributed by atoms with Crippen LogP contribution in [0.15, 0.2) is 0 Å². The molecule has 0 bridgehead atoms. The Morgan fingerprint density at radius 1 is 0.667 bits per heavy atom. The molecule has 180 valence electrons. The van der Waals surface area contributed by atoms with E-state index in [1.54, 1.807) is 0 Å². The smallest absolute Gasteiger partial charge is 0.463 e. The van der Waals surface area contributed by atoms with Crippen LogP contribution in [-0.2, 0) is 23.4 Å². The van der Waals surface area contributed by atoms with Gasteiger partial charge in [-0.25, -0.2) is 4.57 Å². The number of phosphoric ester groups is 1. The maximum absolute atomic E-state index is 11.6. The van der Waals surface area contributed by atoms with Crippen molar-refractivity contribution in [1.29, 1.82) is 0 Å². The molecule has 8 heteroatoms. The van der Waals surface area contributed by atoms with Crippen molar-refractivity contribution < 1.29 is 33.1 Å². The van der Waals surface area contributed by atoms with Gasteiger partial charge in [-0.15, -0.1) is 0 Å². The van der Waals surface area contributed by atoms with E-state index in [4.69, 9.17) is 19.3 Å². The summed E-state index contributed by atoms with van der Waals surface area (Å²) in [5, 5.41) is 0. The summed E-state index contributed by atoms with van der Waals surface area (Å²) < 4.78 is 24.8. The summed E-state index contributed by atoms with van der Waals surface area (Å²) in [5.41, 5.74) is 0. The van der Waals surface area contributed by atoms with E-state index >= 15 is 0 Å². The quantitative estimate of drug-likeness (QED) is 0.113. The molecule has 0 radical (unpaired) electrons. The molecular weight excluding hydrogens is 407 g/mol. The van der Waals surface area contributed by atoms with Crippen LogP contribution < -0.4 is 0 Å². The lowest BCUT2D eigenvalue weighted by Gasteiger charge is -2.07. The van der Waals surface area contributed by atoms with Gasteiger partial charge in [-0.3, -0.25) is 9.32 Å². The Morgan fingerprint density at radius 3 is 1.57 bits per heavy atom. The molecule has 2 N–H and O–H groups in total. The molecule has 0 unspecified atom stereocenters. The SMILES string of the molecule is CCCCCCCCCCCCCCCCCC(=O)OCCOCCOP(=O)(O)O. The molecule has 0 aliphatic rings. The molecule has 0 saturated carbocycles. The number of rotatable bonds is 23. The Labute approximate surface area is 183 Å². The highest BCUT2D eigenvalue weighted by molar-refractivity contribution is 7.46. The first kappa shape index (κ1) is 29.5. The van der Waals surface area contributed by atoms with Gasteiger partial charge in [0, 0.05) is 6.42 Å². The van der Waals surface area contributed by atoms with Gasteiger partial charge in [0.2, 0.25) is 0 Å². The van der Waals surface area contributed by atoms with Gasteiger partial charge in [0.05, 0.1) is 19.8 Å². The standard InChI is InChI=1S/C22H45O7P/c1-2-3-4-5-6-7-8-9-10-11-12-13-14-15-16-17-22(23)28-20-18-27-19-21-29-30(24,25)26/h2-21H2,1H3,(H2,24,25,26). The molecule has 0 atom stereocenters. The van der Waals surface area contributed by atoms with Crippen LogP contribution in [0.2, 0.25) is 0 Å². The molecular formula is C22H45O7P. The first-order valence-corrected chi connectivity index (χ1v) is 13.4. The Hall–Kier alpha value is -0.460. The van der Waals surface area contributed by atoms with Crippen LogP contribution in [0.1, 0.15) is 110 Å². The molecule has 0 aromatic carbocycles. The minimum atomic E-state index is -4.44. The fourth-order valence-electron chi connectivity index (χ4n) is 3.24. The molecule has 0 aliphatic heterocycles. The Morgan fingerprint density at radius 2 is 1.10 bits per heavy atom. The van der Waals surface area contributed by atoms with Crippen molar-refractivity contribution in [3.63, 3.8) is 0 Å². The van der Waals surface area contributed by atoms with Gasteiger partial charge in [-0.2, -0.15) is 0 Å². The first-order chi connectivity index (χ1) is 14.5. The maximum Gasteiger partial charge on any atom is 0.469 e. The van der Waals surface area contributed by atoms with E-state index < -0.39 is 7.82 Å². The third kappa shape index (κ3) is 25.6. The van der Waals surface area contributed by atoms with Crippen LogP contribution >= 0.6 is 7.82 Å². The number of ether oxygens (including phenoxy) is 2. The van der Waals surface area contributed by atoms with Crippen molar-refractivity contribution in [2.75, 3.05) is 26.4 Å². The number of hydrogen-bond acceptors (Lipinski definition) is 5. The zero-order chi connectivity index (χ0) is 22.3. The van der Waals surface area contributed by atoms with Crippen LogP contribution in [0.25, 0.3) is 0 Å². The van der Waals surface area contributed by atoms with E-state index in [1.165, 1.54) is 83.5 Å². The number of carbonyl (C=O) groups excluding carboxylic acids is 1. The molecule has 7 nitrogen and oxygen atoms in total. The molecule has 0 rings (SSSR count). The molecule has 30 heavy (non-hydrogen) atoms. The van der Waals surface area contributed by atoms with E-state index in [1.807, 2.05) is 0 Å². The second-order valence-corrected chi connectivity index (χ2v) is 9.10. The third-order valence-electron chi connectivity index (χ3n) is 4.96. The summed E-state index contributed by atoms with van der Waals surface area (Å²) in [5.74, 6) is -0.222.